The summed E-state index contributed by atoms with van der Waals surface area (Å²) in [6, 6.07) is -1.47. The number of carbonyl (C=O) groups is 1. The zero-order valence-corrected chi connectivity index (χ0v) is 7.28. The topological polar surface area (TPSA) is 49.3 Å². The molecule has 0 bridgehead atoms. The lowest BCUT2D eigenvalue weighted by Crippen LogP contribution is -2.41. The molecule has 13 heavy (non-hydrogen) atoms. The number of carboxylic acids is 1. The molecule has 0 aromatic carbocycles. The molecule has 0 unspecified atom stereocenters. The molecule has 1 aliphatic rings. The fourth-order valence-electron chi connectivity index (χ4n) is 1.32. The Kier molecular flexibility index (Phi) is 3.99. The maximum Gasteiger partial charge on any atom is 0.393 e. The van der Waals surface area contributed by atoms with Crippen LogP contribution in [0.25, 0.3) is 0 Å². The van der Waals surface area contributed by atoms with Gasteiger partial charge in [0, 0.05) is 0 Å². The van der Waals surface area contributed by atoms with Crippen LogP contribution in [0.4, 0.5) is 13.2 Å². The van der Waals surface area contributed by atoms with E-state index in [0.29, 0.717) is 0 Å². The van der Waals surface area contributed by atoms with Gasteiger partial charge >= 0.3 is 12.1 Å². The van der Waals surface area contributed by atoms with E-state index in [4.69, 9.17) is 5.11 Å². The maximum atomic E-state index is 12.1. The first-order valence-corrected chi connectivity index (χ1v) is 3.46. The Balaban J connectivity index is 0.00000144. The van der Waals surface area contributed by atoms with E-state index in [2.05, 4.69) is 5.32 Å². The molecule has 0 radical (unpaired) electrons. The number of nitrogens with one attached hydrogen (secondary N) is 1. The highest BCUT2D eigenvalue weighted by molar-refractivity contribution is 5.85. The van der Waals surface area contributed by atoms with Crippen LogP contribution >= 0.6 is 12.4 Å². The molecule has 3 nitrogen and oxygen atoms in total. The quantitative estimate of drug-likeness (QED) is 0.693. The smallest absolute Gasteiger partial charge is 0.393 e. The normalized spacial score (nSPS) is 28.2. The summed E-state index contributed by atoms with van der Waals surface area (Å²) in [4.78, 5) is 10.3. The predicted molar refractivity (Wildman–Crippen MR) is 40.8 cm³/mol. The van der Waals surface area contributed by atoms with E-state index in [1.54, 1.807) is 0 Å². The number of aliphatic carboxylic acids is 1. The van der Waals surface area contributed by atoms with Crippen molar-refractivity contribution in [3.05, 3.63) is 0 Å². The molecule has 0 aromatic rings. The maximum absolute atomic E-state index is 12.1. The fourth-order valence-corrected chi connectivity index (χ4v) is 1.32. The fraction of sp³-hybridized carbons (Fsp3) is 0.833. The molecule has 1 heterocycles. The first-order chi connectivity index (χ1) is 5.43. The molecule has 7 heteroatoms. The minimum atomic E-state index is -4.41. The zero-order chi connectivity index (χ0) is 9.35. The van der Waals surface area contributed by atoms with Crippen molar-refractivity contribution in [3.63, 3.8) is 0 Å². The van der Waals surface area contributed by atoms with Gasteiger partial charge in [0.1, 0.15) is 6.04 Å². The van der Waals surface area contributed by atoms with Crippen LogP contribution < -0.4 is 5.32 Å². The van der Waals surface area contributed by atoms with Gasteiger partial charge in [-0.3, -0.25) is 4.79 Å². The lowest BCUT2D eigenvalue weighted by atomic mass is 10.0. The summed E-state index contributed by atoms with van der Waals surface area (Å²) in [7, 11) is 0. The lowest BCUT2D eigenvalue weighted by Gasteiger charge is -2.18. The van der Waals surface area contributed by atoms with Gasteiger partial charge in [0.15, 0.2) is 0 Å². The summed E-state index contributed by atoms with van der Waals surface area (Å²) in [6.45, 7) is 0.112. The monoisotopic (exact) mass is 219 g/mol. The number of hydrogen-bond acceptors (Lipinski definition) is 2. The van der Waals surface area contributed by atoms with Gasteiger partial charge in [0.25, 0.3) is 0 Å². The van der Waals surface area contributed by atoms with Crippen LogP contribution in [0.5, 0.6) is 0 Å². The minimum Gasteiger partial charge on any atom is -0.480 e. The van der Waals surface area contributed by atoms with E-state index in [1.807, 2.05) is 0 Å². The first-order valence-electron chi connectivity index (χ1n) is 3.46. The molecule has 1 fully saturated rings. The van der Waals surface area contributed by atoms with Crippen molar-refractivity contribution in [1.29, 1.82) is 0 Å². The number of alkyl halides is 3. The Bertz CT molecular complexity index is 197. The first kappa shape index (κ1) is 12.5. The summed E-state index contributed by atoms with van der Waals surface area (Å²) < 4.78 is 36.2. The van der Waals surface area contributed by atoms with Gasteiger partial charge in [0.05, 0.1) is 5.92 Å². The van der Waals surface area contributed by atoms with Crippen LogP contribution in [0.1, 0.15) is 6.42 Å². The highest BCUT2D eigenvalue weighted by Crippen LogP contribution is 2.34. The van der Waals surface area contributed by atoms with E-state index in [9.17, 15) is 18.0 Å². The number of hydrogen-bond donors (Lipinski definition) is 2. The van der Waals surface area contributed by atoms with E-state index >= 15 is 0 Å². The Morgan fingerprint density at radius 1 is 1.46 bits per heavy atom. The molecule has 1 aliphatic heterocycles. The molecular weight excluding hydrogens is 211 g/mol. The Hall–Kier alpha value is -0.490. The van der Waals surface area contributed by atoms with E-state index in [1.165, 1.54) is 0 Å². The number of rotatable bonds is 1. The second kappa shape index (κ2) is 4.15. The molecule has 0 saturated carbocycles. The summed E-state index contributed by atoms with van der Waals surface area (Å²) >= 11 is 0. The van der Waals surface area contributed by atoms with Gasteiger partial charge in [0.2, 0.25) is 0 Å². The van der Waals surface area contributed by atoms with Gasteiger partial charge in [-0.05, 0) is 13.0 Å². The van der Waals surface area contributed by atoms with Gasteiger partial charge in [-0.1, -0.05) is 0 Å². The van der Waals surface area contributed by atoms with Crippen molar-refractivity contribution in [2.75, 3.05) is 6.54 Å². The largest absolute Gasteiger partial charge is 0.480 e. The average Bonchev–Trinajstić information content (AvgIpc) is 2.30. The van der Waals surface area contributed by atoms with Crippen molar-refractivity contribution in [2.45, 2.75) is 18.6 Å². The van der Waals surface area contributed by atoms with Crippen LogP contribution in [0, 0.1) is 5.92 Å². The van der Waals surface area contributed by atoms with Crippen LogP contribution in [0.2, 0.25) is 0 Å². The molecule has 0 amide bonds. The zero-order valence-electron chi connectivity index (χ0n) is 6.47. The standard InChI is InChI=1S/C6H8F3NO2.ClH/c7-6(8,9)3-1-2-10-4(3)5(11)12;/h3-4,10H,1-2H2,(H,11,12);1H/t3-,4+;/m1./s1. The summed E-state index contributed by atoms with van der Waals surface area (Å²) in [5.74, 6) is -3.18. The van der Waals surface area contributed by atoms with Crippen LogP contribution in [-0.2, 0) is 4.79 Å². The SMILES string of the molecule is Cl.O=C(O)[C@H]1NCC[C@H]1C(F)(F)F. The van der Waals surface area contributed by atoms with E-state index < -0.39 is 24.1 Å². The van der Waals surface area contributed by atoms with E-state index in [0.717, 1.165) is 0 Å². The highest BCUT2D eigenvalue weighted by Gasteiger charge is 2.49. The molecule has 1 rings (SSSR count). The molecule has 2 N–H and O–H groups in total. The van der Waals surface area contributed by atoms with Crippen molar-refractivity contribution >= 4 is 18.4 Å². The van der Waals surface area contributed by atoms with Crippen molar-refractivity contribution in [1.82, 2.24) is 5.32 Å². The van der Waals surface area contributed by atoms with Crippen LogP contribution in [0.3, 0.4) is 0 Å². The predicted octanol–water partition coefficient (Wildman–Crippen LogP) is 1.03. The number of halogens is 4. The molecule has 2 atom stereocenters. The minimum absolute atomic E-state index is 0. The van der Waals surface area contributed by atoms with Gasteiger partial charge in [-0.25, -0.2) is 0 Å². The van der Waals surface area contributed by atoms with Gasteiger partial charge in [-0.2, -0.15) is 13.2 Å². The average molecular weight is 220 g/mol. The molecule has 78 valence electrons. The van der Waals surface area contributed by atoms with Crippen LogP contribution in [0.15, 0.2) is 0 Å². The molecule has 0 aliphatic carbocycles. The third-order valence-corrected chi connectivity index (χ3v) is 1.91. The van der Waals surface area contributed by atoms with Crippen molar-refractivity contribution in [2.24, 2.45) is 5.92 Å². The summed E-state index contributed by atoms with van der Waals surface area (Å²) in [6.07, 6.45) is -4.56. The Morgan fingerprint density at radius 2 is 2.00 bits per heavy atom. The third-order valence-electron chi connectivity index (χ3n) is 1.91. The molecular formula is C6H9ClF3NO2. The number of carboxylic acid groups (broad SMARTS) is 1. The Labute approximate surface area is 78.7 Å². The van der Waals surface area contributed by atoms with Gasteiger partial charge in [-0.15, -0.1) is 12.4 Å². The van der Waals surface area contributed by atoms with Gasteiger partial charge < -0.3 is 10.4 Å². The molecule has 0 spiro atoms. The molecule has 1 saturated heterocycles. The molecule has 0 aromatic heterocycles. The Morgan fingerprint density at radius 3 is 2.31 bits per heavy atom. The third kappa shape index (κ3) is 2.73. The highest BCUT2D eigenvalue weighted by atomic mass is 35.5. The summed E-state index contributed by atoms with van der Waals surface area (Å²) in [5, 5.41) is 10.7. The van der Waals surface area contributed by atoms with E-state index in [-0.39, 0.29) is 25.4 Å². The lowest BCUT2D eigenvalue weighted by molar-refractivity contribution is -0.183. The van der Waals surface area contributed by atoms with Crippen molar-refractivity contribution in [3.8, 4) is 0 Å². The second-order valence-corrected chi connectivity index (χ2v) is 2.71. The van der Waals surface area contributed by atoms with Crippen molar-refractivity contribution < 1.29 is 23.1 Å². The van der Waals surface area contributed by atoms with Crippen LogP contribution in [-0.4, -0.2) is 29.8 Å². The second-order valence-electron chi connectivity index (χ2n) is 2.71. The summed E-state index contributed by atoms with van der Waals surface area (Å²) in [5.41, 5.74) is 0.